The lowest BCUT2D eigenvalue weighted by Crippen LogP contribution is -2.20. The Morgan fingerprint density at radius 1 is 0.939 bits per heavy atom. The Hall–Kier alpha value is -4.73. The minimum absolute atomic E-state index is 0.0339. The number of ether oxygens (including phenoxy) is 1. The van der Waals surface area contributed by atoms with E-state index in [1.165, 1.54) is 53.4 Å². The van der Waals surface area contributed by atoms with Crippen LogP contribution in [0, 0.1) is 11.6 Å². The highest BCUT2D eigenvalue weighted by atomic mass is 19.1. The molecule has 5 aromatic rings. The third-order valence-electron chi connectivity index (χ3n) is 4.78. The van der Waals surface area contributed by atoms with Crippen LogP contribution in [0.3, 0.4) is 0 Å². The molecule has 2 aromatic carbocycles. The van der Waals surface area contributed by atoms with Crippen molar-refractivity contribution in [3.05, 3.63) is 91.0 Å². The first-order valence-corrected chi connectivity index (χ1v) is 9.83. The van der Waals surface area contributed by atoms with Crippen LogP contribution in [0.15, 0.2) is 79.4 Å². The molecule has 164 valence electrons. The molecule has 0 saturated carbocycles. The summed E-state index contributed by atoms with van der Waals surface area (Å²) in [7, 11) is 0. The van der Waals surface area contributed by atoms with E-state index in [9.17, 15) is 13.6 Å². The molecule has 33 heavy (non-hydrogen) atoms. The van der Waals surface area contributed by atoms with E-state index in [-0.39, 0.29) is 11.7 Å². The van der Waals surface area contributed by atoms with E-state index in [1.54, 1.807) is 30.6 Å². The molecule has 1 amide bonds. The highest BCUT2D eigenvalue weighted by molar-refractivity contribution is 5.93. The molecule has 5 rings (SSSR count). The topological polar surface area (TPSA) is 96.9 Å². The number of aromatic nitrogens is 4. The predicted octanol–water partition coefficient (Wildman–Crippen LogP) is 5.65. The van der Waals surface area contributed by atoms with Crippen molar-refractivity contribution < 1.29 is 18.3 Å². The zero-order valence-electron chi connectivity index (χ0n) is 16.9. The molecule has 0 spiro atoms. The van der Waals surface area contributed by atoms with E-state index in [2.05, 4.69) is 25.6 Å². The molecule has 8 nitrogen and oxygen atoms in total. The molecular weight excluding hydrogens is 430 g/mol. The van der Waals surface area contributed by atoms with Gasteiger partial charge in [-0.3, -0.25) is 0 Å². The number of H-pyrrole nitrogens is 1. The molecule has 0 bridgehead atoms. The second kappa shape index (κ2) is 8.42. The van der Waals surface area contributed by atoms with Gasteiger partial charge in [0.25, 0.3) is 0 Å². The number of hydrogen-bond acceptors (Lipinski definition) is 5. The first-order valence-electron chi connectivity index (χ1n) is 9.83. The first kappa shape index (κ1) is 20.2. The van der Waals surface area contributed by atoms with Gasteiger partial charge in [0.05, 0.1) is 5.39 Å². The van der Waals surface area contributed by atoms with Crippen molar-refractivity contribution in [2.75, 3.05) is 10.6 Å². The fraction of sp³-hybridized carbons (Fsp3) is 0. The predicted molar refractivity (Wildman–Crippen MR) is 119 cm³/mol. The van der Waals surface area contributed by atoms with Crippen molar-refractivity contribution in [1.29, 1.82) is 0 Å². The van der Waals surface area contributed by atoms with Gasteiger partial charge in [-0.1, -0.05) is 0 Å². The van der Waals surface area contributed by atoms with E-state index in [0.29, 0.717) is 22.8 Å². The van der Waals surface area contributed by atoms with Crippen molar-refractivity contribution in [3.8, 4) is 11.5 Å². The van der Waals surface area contributed by atoms with Gasteiger partial charge >= 0.3 is 6.03 Å². The number of nitrogens with zero attached hydrogens (tertiary/aromatic N) is 3. The molecule has 0 fully saturated rings. The van der Waals surface area contributed by atoms with Crippen LogP contribution in [-0.4, -0.2) is 25.6 Å². The van der Waals surface area contributed by atoms with Crippen molar-refractivity contribution >= 4 is 34.4 Å². The molecule has 0 aliphatic heterocycles. The maximum Gasteiger partial charge on any atom is 0.332 e. The molecule has 0 radical (unpaired) electrons. The number of pyridine rings is 1. The largest absolute Gasteiger partial charge is 0.453 e. The van der Waals surface area contributed by atoms with E-state index in [4.69, 9.17) is 4.74 Å². The van der Waals surface area contributed by atoms with Gasteiger partial charge < -0.3 is 20.4 Å². The van der Waals surface area contributed by atoms with E-state index in [1.807, 2.05) is 0 Å². The first-order chi connectivity index (χ1) is 16.1. The van der Waals surface area contributed by atoms with Crippen molar-refractivity contribution in [2.45, 2.75) is 0 Å². The van der Waals surface area contributed by atoms with Crippen LogP contribution >= 0.6 is 0 Å². The lowest BCUT2D eigenvalue weighted by atomic mass is 10.2. The summed E-state index contributed by atoms with van der Waals surface area (Å²) in [6, 6.07) is 12.6. The lowest BCUT2D eigenvalue weighted by molar-refractivity contribution is 0.254. The Kier molecular flexibility index (Phi) is 5.15. The van der Waals surface area contributed by atoms with Crippen molar-refractivity contribution in [2.24, 2.45) is 0 Å². The number of hydrogen-bond donors (Lipinski definition) is 3. The number of rotatable bonds is 5. The van der Waals surface area contributed by atoms with Crippen LogP contribution in [-0.2, 0) is 0 Å². The van der Waals surface area contributed by atoms with E-state index in [0.717, 1.165) is 5.39 Å². The zero-order chi connectivity index (χ0) is 22.8. The third-order valence-corrected chi connectivity index (χ3v) is 4.78. The van der Waals surface area contributed by atoms with Crippen LogP contribution in [0.25, 0.3) is 11.0 Å². The summed E-state index contributed by atoms with van der Waals surface area (Å²) in [6.07, 6.45) is 6.16. The SMILES string of the molecule is O=C(Nc1ccc(F)cc1)n1ccnc1Nc1ccc(Oc2ccnc3[nH]ccc23)c(F)c1. The zero-order valence-corrected chi connectivity index (χ0v) is 16.9. The fourth-order valence-corrected chi connectivity index (χ4v) is 3.21. The van der Waals surface area contributed by atoms with Crippen molar-refractivity contribution in [1.82, 2.24) is 19.5 Å². The summed E-state index contributed by atoms with van der Waals surface area (Å²) in [5.74, 6) is -0.338. The fourth-order valence-electron chi connectivity index (χ4n) is 3.21. The molecular formula is C23H16F2N6O2. The van der Waals surface area contributed by atoms with Gasteiger partial charge in [-0.15, -0.1) is 0 Å². The monoisotopic (exact) mass is 446 g/mol. The molecule has 3 aromatic heterocycles. The van der Waals surface area contributed by atoms with Gasteiger partial charge in [0.1, 0.15) is 17.2 Å². The molecule has 0 atom stereocenters. The van der Waals surface area contributed by atoms with Crippen LogP contribution in [0.1, 0.15) is 0 Å². The normalized spacial score (nSPS) is 10.8. The quantitative estimate of drug-likeness (QED) is 0.324. The standard InChI is InChI=1S/C23H16F2N6O2/c24-14-1-3-15(4-2-14)30-23(32)31-12-11-28-22(31)29-16-5-6-20(18(25)13-16)33-19-8-10-27-21-17(19)7-9-26-21/h1-13H,(H,26,27)(H,28,29)(H,30,32). The maximum atomic E-state index is 14.7. The van der Waals surface area contributed by atoms with Gasteiger partial charge in [-0.25, -0.2) is 28.1 Å². The number of aromatic amines is 1. The number of halogens is 2. The van der Waals surface area contributed by atoms with Gasteiger partial charge in [0, 0.05) is 42.2 Å². The molecule has 3 heterocycles. The van der Waals surface area contributed by atoms with Crippen LogP contribution < -0.4 is 15.4 Å². The number of anilines is 3. The molecule has 0 saturated heterocycles. The van der Waals surface area contributed by atoms with Gasteiger partial charge in [-0.05, 0) is 48.5 Å². The Morgan fingerprint density at radius 3 is 2.58 bits per heavy atom. The number of carbonyl (C=O) groups is 1. The number of nitrogens with one attached hydrogen (secondary N) is 3. The number of carbonyl (C=O) groups excluding carboxylic acids is 1. The smallest absolute Gasteiger partial charge is 0.332 e. The van der Waals surface area contributed by atoms with Crippen LogP contribution in [0.2, 0.25) is 0 Å². The Labute approximate surface area is 185 Å². The Bertz CT molecular complexity index is 1450. The molecule has 0 unspecified atom stereocenters. The average molecular weight is 446 g/mol. The highest BCUT2D eigenvalue weighted by Crippen LogP contribution is 2.31. The van der Waals surface area contributed by atoms with Crippen molar-refractivity contribution in [3.63, 3.8) is 0 Å². The summed E-state index contributed by atoms with van der Waals surface area (Å²) < 4.78 is 34.8. The number of benzene rings is 2. The lowest BCUT2D eigenvalue weighted by Gasteiger charge is -2.12. The third kappa shape index (κ3) is 4.22. The summed E-state index contributed by atoms with van der Waals surface area (Å²) in [5, 5.41) is 6.27. The molecule has 0 aliphatic carbocycles. The van der Waals surface area contributed by atoms with Crippen LogP contribution in [0.5, 0.6) is 11.5 Å². The number of fused-ring (bicyclic) bond motifs is 1. The van der Waals surface area contributed by atoms with Gasteiger partial charge in [0.15, 0.2) is 11.6 Å². The second-order valence-corrected chi connectivity index (χ2v) is 6.98. The minimum Gasteiger partial charge on any atom is -0.453 e. The Balaban J connectivity index is 1.32. The maximum absolute atomic E-state index is 14.7. The van der Waals surface area contributed by atoms with Crippen LogP contribution in [0.4, 0.5) is 30.9 Å². The minimum atomic E-state index is -0.602. The summed E-state index contributed by atoms with van der Waals surface area (Å²) in [5.41, 5.74) is 1.42. The number of amides is 1. The van der Waals surface area contributed by atoms with E-state index >= 15 is 0 Å². The summed E-state index contributed by atoms with van der Waals surface area (Å²) in [4.78, 5) is 23.8. The van der Waals surface area contributed by atoms with Gasteiger partial charge in [-0.2, -0.15) is 0 Å². The molecule has 0 aliphatic rings. The average Bonchev–Trinajstić information content (AvgIpc) is 3.47. The summed E-state index contributed by atoms with van der Waals surface area (Å²) >= 11 is 0. The summed E-state index contributed by atoms with van der Waals surface area (Å²) in [6.45, 7) is 0. The Morgan fingerprint density at radius 2 is 1.76 bits per heavy atom. The number of imidazole rings is 1. The molecule has 3 N–H and O–H groups in total. The molecule has 10 heteroatoms. The second-order valence-electron chi connectivity index (χ2n) is 6.98. The van der Waals surface area contributed by atoms with E-state index < -0.39 is 17.7 Å². The van der Waals surface area contributed by atoms with Gasteiger partial charge in [0.2, 0.25) is 5.95 Å². The highest BCUT2D eigenvalue weighted by Gasteiger charge is 2.14.